The number of carbonyl (C=O) groups is 1. The van der Waals surface area contributed by atoms with Crippen LogP contribution in [0.5, 0.6) is 5.75 Å². The molecule has 0 N–H and O–H groups in total. The molecule has 5 nitrogen and oxygen atoms in total. The SMILES string of the molecule is COCOc1ccc(CCO[Si](C)(C)C(C)(C)C)cc1C(=O)OC. The van der Waals surface area contributed by atoms with Crippen molar-refractivity contribution in [2.45, 2.75) is 45.3 Å². The zero-order chi connectivity index (χ0) is 18.4. The molecule has 6 heteroatoms. The lowest BCUT2D eigenvalue weighted by Gasteiger charge is -2.36. The Labute approximate surface area is 146 Å². The number of esters is 1. The van der Waals surface area contributed by atoms with Crippen LogP contribution in [-0.2, 0) is 20.3 Å². The molecule has 0 saturated carbocycles. The van der Waals surface area contributed by atoms with Crippen molar-refractivity contribution >= 4 is 14.3 Å². The van der Waals surface area contributed by atoms with Crippen molar-refractivity contribution in [1.29, 1.82) is 0 Å². The van der Waals surface area contributed by atoms with Crippen LogP contribution in [0.15, 0.2) is 18.2 Å². The minimum atomic E-state index is -1.76. The van der Waals surface area contributed by atoms with Crippen LogP contribution >= 0.6 is 0 Å². The third kappa shape index (κ3) is 5.61. The monoisotopic (exact) mass is 354 g/mol. The molecular formula is C18H30O5Si. The summed E-state index contributed by atoms with van der Waals surface area (Å²) in [5, 5.41) is 0.183. The fourth-order valence-corrected chi connectivity index (χ4v) is 2.94. The van der Waals surface area contributed by atoms with Gasteiger partial charge < -0.3 is 18.6 Å². The smallest absolute Gasteiger partial charge is 0.341 e. The number of rotatable bonds is 8. The Bertz CT molecular complexity index is 549. The second-order valence-electron chi connectivity index (χ2n) is 7.23. The van der Waals surface area contributed by atoms with Crippen molar-refractivity contribution < 1.29 is 23.4 Å². The highest BCUT2D eigenvalue weighted by Gasteiger charge is 2.36. The van der Waals surface area contributed by atoms with Crippen molar-refractivity contribution in [3.05, 3.63) is 29.3 Å². The van der Waals surface area contributed by atoms with E-state index < -0.39 is 14.3 Å². The van der Waals surface area contributed by atoms with E-state index in [0.29, 0.717) is 17.9 Å². The highest BCUT2D eigenvalue weighted by atomic mass is 28.4. The van der Waals surface area contributed by atoms with E-state index in [2.05, 4.69) is 33.9 Å². The summed E-state index contributed by atoms with van der Waals surface area (Å²) in [5.41, 5.74) is 1.42. The number of hydrogen-bond donors (Lipinski definition) is 0. The second-order valence-corrected chi connectivity index (χ2v) is 12.0. The molecule has 0 radical (unpaired) electrons. The van der Waals surface area contributed by atoms with Gasteiger partial charge in [-0.25, -0.2) is 4.79 Å². The maximum absolute atomic E-state index is 11.9. The van der Waals surface area contributed by atoms with Crippen LogP contribution in [0.25, 0.3) is 0 Å². The fourth-order valence-electron chi connectivity index (χ4n) is 1.89. The van der Waals surface area contributed by atoms with Crippen LogP contribution in [-0.4, -0.2) is 41.9 Å². The van der Waals surface area contributed by atoms with Gasteiger partial charge in [-0.3, -0.25) is 0 Å². The van der Waals surface area contributed by atoms with E-state index in [1.807, 2.05) is 6.07 Å². The molecule has 0 spiro atoms. The Morgan fingerprint density at radius 3 is 2.38 bits per heavy atom. The number of ether oxygens (including phenoxy) is 3. The molecule has 0 amide bonds. The standard InChI is InChI=1S/C18H30O5Si/c1-18(2,3)24(6,7)23-11-10-14-8-9-16(22-13-20-4)15(12-14)17(19)21-5/h8-9,12H,10-11,13H2,1-7H3. The van der Waals surface area contributed by atoms with Crippen LogP contribution in [0.4, 0.5) is 0 Å². The average molecular weight is 355 g/mol. The van der Waals surface area contributed by atoms with E-state index >= 15 is 0 Å². The maximum Gasteiger partial charge on any atom is 0.341 e. The molecule has 24 heavy (non-hydrogen) atoms. The van der Waals surface area contributed by atoms with Crippen LogP contribution in [0, 0.1) is 0 Å². The van der Waals surface area contributed by atoms with Gasteiger partial charge in [0.1, 0.15) is 11.3 Å². The minimum absolute atomic E-state index is 0.0812. The van der Waals surface area contributed by atoms with E-state index in [1.165, 1.54) is 14.2 Å². The van der Waals surface area contributed by atoms with Crippen LogP contribution in [0.1, 0.15) is 36.7 Å². The zero-order valence-corrected chi connectivity index (χ0v) is 16.9. The molecule has 0 aliphatic heterocycles. The molecule has 0 heterocycles. The molecule has 1 aromatic carbocycles. The molecule has 0 aliphatic rings. The van der Waals surface area contributed by atoms with E-state index in [-0.39, 0.29) is 11.8 Å². The summed E-state index contributed by atoms with van der Waals surface area (Å²) in [7, 11) is 1.13. The van der Waals surface area contributed by atoms with Gasteiger partial charge >= 0.3 is 5.97 Å². The summed E-state index contributed by atoms with van der Waals surface area (Å²) in [6.07, 6.45) is 0.737. The molecule has 1 aromatic rings. The second kappa shape index (κ2) is 8.64. The molecule has 0 unspecified atom stereocenters. The molecule has 0 saturated heterocycles. The van der Waals surface area contributed by atoms with Crippen LogP contribution in [0.2, 0.25) is 18.1 Å². The van der Waals surface area contributed by atoms with Crippen LogP contribution in [0.3, 0.4) is 0 Å². The Morgan fingerprint density at radius 1 is 1.17 bits per heavy atom. The molecule has 0 aromatic heterocycles. The predicted molar refractivity (Wildman–Crippen MR) is 97.1 cm³/mol. The maximum atomic E-state index is 11.9. The number of methoxy groups -OCH3 is 2. The predicted octanol–water partition coefficient (Wildman–Crippen LogP) is 4.02. The van der Waals surface area contributed by atoms with Crippen molar-refractivity contribution in [3.63, 3.8) is 0 Å². The van der Waals surface area contributed by atoms with Gasteiger partial charge in [-0.2, -0.15) is 0 Å². The largest absolute Gasteiger partial charge is 0.467 e. The first-order valence-corrected chi connectivity index (χ1v) is 11.0. The van der Waals surface area contributed by atoms with Gasteiger partial charge in [-0.1, -0.05) is 26.8 Å². The summed E-state index contributed by atoms with van der Waals surface area (Å²) in [6, 6.07) is 5.51. The van der Waals surface area contributed by atoms with E-state index in [4.69, 9.17) is 18.6 Å². The van der Waals surface area contributed by atoms with E-state index in [0.717, 1.165) is 12.0 Å². The molecule has 0 atom stereocenters. The van der Waals surface area contributed by atoms with Gasteiger partial charge in [-0.05, 0) is 42.2 Å². The number of carbonyl (C=O) groups excluding carboxylic acids is 1. The minimum Gasteiger partial charge on any atom is -0.467 e. The summed E-state index contributed by atoms with van der Waals surface area (Å²) in [6.45, 7) is 11.8. The molecular weight excluding hydrogens is 324 g/mol. The number of hydrogen-bond acceptors (Lipinski definition) is 5. The summed E-state index contributed by atoms with van der Waals surface area (Å²) < 4.78 is 21.3. The quantitative estimate of drug-likeness (QED) is 0.401. The lowest BCUT2D eigenvalue weighted by molar-refractivity contribution is 0.0465. The van der Waals surface area contributed by atoms with Gasteiger partial charge in [0.15, 0.2) is 15.1 Å². The van der Waals surface area contributed by atoms with Crippen molar-refractivity contribution in [2.75, 3.05) is 27.6 Å². The molecule has 1 rings (SSSR count). The molecule has 0 aliphatic carbocycles. The first-order valence-electron chi connectivity index (χ1n) is 8.09. The highest BCUT2D eigenvalue weighted by molar-refractivity contribution is 6.74. The Kier molecular flexibility index (Phi) is 7.44. The fraction of sp³-hybridized carbons (Fsp3) is 0.611. The van der Waals surface area contributed by atoms with Crippen LogP contribution < -0.4 is 4.74 Å². The van der Waals surface area contributed by atoms with Crippen molar-refractivity contribution in [1.82, 2.24) is 0 Å². The van der Waals surface area contributed by atoms with Gasteiger partial charge in [-0.15, -0.1) is 0 Å². The molecule has 0 fully saturated rings. The third-order valence-electron chi connectivity index (χ3n) is 4.44. The molecule has 0 bridgehead atoms. The Hall–Kier alpha value is -1.37. The first kappa shape index (κ1) is 20.7. The third-order valence-corrected chi connectivity index (χ3v) is 8.98. The van der Waals surface area contributed by atoms with Crippen molar-refractivity contribution in [2.24, 2.45) is 0 Å². The van der Waals surface area contributed by atoms with Gasteiger partial charge in [0, 0.05) is 13.7 Å². The Morgan fingerprint density at radius 2 is 1.83 bits per heavy atom. The lowest BCUT2D eigenvalue weighted by Crippen LogP contribution is -2.41. The summed E-state index contributed by atoms with van der Waals surface area (Å²) >= 11 is 0. The number of benzene rings is 1. The topological polar surface area (TPSA) is 54.0 Å². The molecule has 136 valence electrons. The van der Waals surface area contributed by atoms with Gasteiger partial charge in [0.2, 0.25) is 0 Å². The summed E-state index contributed by atoms with van der Waals surface area (Å²) in [4.78, 5) is 11.9. The highest BCUT2D eigenvalue weighted by Crippen LogP contribution is 2.36. The average Bonchev–Trinajstić information content (AvgIpc) is 2.51. The zero-order valence-electron chi connectivity index (χ0n) is 15.9. The van der Waals surface area contributed by atoms with E-state index in [9.17, 15) is 4.79 Å². The Balaban J connectivity index is 2.81. The van der Waals surface area contributed by atoms with Gasteiger partial charge in [0.05, 0.1) is 7.11 Å². The lowest BCUT2D eigenvalue weighted by atomic mass is 10.1. The van der Waals surface area contributed by atoms with E-state index in [1.54, 1.807) is 12.1 Å². The summed E-state index contributed by atoms with van der Waals surface area (Å²) in [5.74, 6) is 0.0334. The van der Waals surface area contributed by atoms with Crippen molar-refractivity contribution in [3.8, 4) is 5.75 Å². The first-order chi connectivity index (χ1) is 11.1. The van der Waals surface area contributed by atoms with Gasteiger partial charge in [0.25, 0.3) is 0 Å². The normalized spacial score (nSPS) is 12.1.